The van der Waals surface area contributed by atoms with E-state index < -0.39 is 11.1 Å². The Morgan fingerprint density at radius 2 is 1.73 bits per heavy atom. The largest absolute Gasteiger partial charge is 0.365 e. The van der Waals surface area contributed by atoms with E-state index in [1.807, 2.05) is 0 Å². The van der Waals surface area contributed by atoms with Gasteiger partial charge in [0.25, 0.3) is 11.1 Å². The van der Waals surface area contributed by atoms with Crippen molar-refractivity contribution in [3.05, 3.63) is 35.8 Å². The molecule has 132 valence electrons. The minimum absolute atomic E-state index is 0.279. The molecule has 2 saturated heterocycles. The second-order valence-corrected chi connectivity index (χ2v) is 6.58. The summed E-state index contributed by atoms with van der Waals surface area (Å²) < 4.78 is 0. The molecule has 2 aromatic rings. The van der Waals surface area contributed by atoms with Gasteiger partial charge in [0.2, 0.25) is 5.95 Å². The van der Waals surface area contributed by atoms with E-state index in [2.05, 4.69) is 40.0 Å². The molecule has 2 aliphatic rings. The highest BCUT2D eigenvalue weighted by Crippen LogP contribution is 2.25. The van der Waals surface area contributed by atoms with Crippen LogP contribution in [0.3, 0.4) is 0 Å². The van der Waals surface area contributed by atoms with E-state index >= 15 is 0 Å². The lowest BCUT2D eigenvalue weighted by Crippen LogP contribution is -2.47. The number of piperazine rings is 1. The van der Waals surface area contributed by atoms with Crippen molar-refractivity contribution in [2.24, 2.45) is 0 Å². The minimum atomic E-state index is -0.430. The van der Waals surface area contributed by atoms with Gasteiger partial charge in [0, 0.05) is 32.3 Å². The number of hydrogen-bond donors (Lipinski definition) is 1. The minimum Gasteiger partial charge on any atom is -0.365 e. The first-order valence-corrected chi connectivity index (χ1v) is 8.69. The van der Waals surface area contributed by atoms with Crippen molar-refractivity contribution in [1.82, 2.24) is 30.2 Å². The van der Waals surface area contributed by atoms with E-state index in [-0.39, 0.29) is 4.91 Å². The Bertz CT molecular complexity index is 867. The summed E-state index contributed by atoms with van der Waals surface area (Å²) in [6, 6.07) is 0. The summed E-state index contributed by atoms with van der Waals surface area (Å²) >= 11 is 0.837. The maximum atomic E-state index is 11.6. The first-order chi connectivity index (χ1) is 12.7. The fraction of sp³-hybridized carbons (Fsp3) is 0.267. The van der Waals surface area contributed by atoms with Gasteiger partial charge in [-0.25, -0.2) is 19.9 Å². The highest BCUT2D eigenvalue weighted by atomic mass is 32.2. The standard InChI is InChI=1S/C15H14N8O2S/c24-13-11(26-15(25)21-13)5-12-18-9-19-14(20-12)23-3-1-22(2-4-23)10-6-16-8-17-7-10/h5-9H,1-4H2,(H,21,24,25)/b11-5+. The number of anilines is 2. The van der Waals surface area contributed by atoms with E-state index in [1.54, 1.807) is 12.4 Å². The maximum absolute atomic E-state index is 11.6. The molecule has 0 aliphatic carbocycles. The quantitative estimate of drug-likeness (QED) is 0.757. The first kappa shape index (κ1) is 16.4. The third-order valence-corrected chi connectivity index (χ3v) is 4.77. The van der Waals surface area contributed by atoms with Crippen LogP contribution in [0.2, 0.25) is 0 Å². The molecule has 0 spiro atoms. The number of imide groups is 1. The molecule has 11 heteroatoms. The molecular formula is C15H14N8O2S. The lowest BCUT2D eigenvalue weighted by Gasteiger charge is -2.35. The van der Waals surface area contributed by atoms with Gasteiger partial charge in [0.1, 0.15) is 12.7 Å². The second kappa shape index (κ2) is 7.04. The van der Waals surface area contributed by atoms with E-state index in [1.165, 1.54) is 18.7 Å². The molecule has 2 fully saturated rings. The summed E-state index contributed by atoms with van der Waals surface area (Å²) in [5, 5.41) is 1.81. The first-order valence-electron chi connectivity index (χ1n) is 7.88. The van der Waals surface area contributed by atoms with Crippen LogP contribution in [0, 0.1) is 0 Å². The summed E-state index contributed by atoms with van der Waals surface area (Å²) in [6.07, 6.45) is 8.00. The number of carbonyl (C=O) groups is 2. The normalized spacial score (nSPS) is 19.2. The average molecular weight is 370 g/mol. The number of aromatic nitrogens is 5. The topological polar surface area (TPSA) is 117 Å². The summed E-state index contributed by atoms with van der Waals surface area (Å²) in [5.74, 6) is 0.465. The van der Waals surface area contributed by atoms with Crippen LogP contribution in [-0.4, -0.2) is 62.2 Å². The molecule has 4 heterocycles. The molecule has 0 bridgehead atoms. The number of nitrogens with one attached hydrogen (secondary N) is 1. The Hall–Kier alpha value is -3.08. The molecule has 26 heavy (non-hydrogen) atoms. The third kappa shape index (κ3) is 3.47. The fourth-order valence-electron chi connectivity index (χ4n) is 2.68. The predicted octanol–water partition coefficient (Wildman–Crippen LogP) is 0.312. The molecule has 10 nitrogen and oxygen atoms in total. The van der Waals surface area contributed by atoms with Crippen LogP contribution < -0.4 is 15.1 Å². The zero-order chi connectivity index (χ0) is 17.9. The van der Waals surface area contributed by atoms with Crippen LogP contribution in [0.1, 0.15) is 5.82 Å². The van der Waals surface area contributed by atoms with Gasteiger partial charge in [0.15, 0.2) is 5.82 Å². The summed E-state index contributed by atoms with van der Waals surface area (Å²) in [6.45, 7) is 3.07. The van der Waals surface area contributed by atoms with E-state index in [0.29, 0.717) is 11.8 Å². The highest BCUT2D eigenvalue weighted by Gasteiger charge is 2.26. The SMILES string of the molecule is O=C1NC(=O)/C(=C\c2ncnc(N3CCN(c4cncnc4)CC3)n2)S1. The molecular weight excluding hydrogens is 356 g/mol. The van der Waals surface area contributed by atoms with Crippen LogP contribution in [-0.2, 0) is 4.79 Å². The van der Waals surface area contributed by atoms with Crippen molar-refractivity contribution < 1.29 is 9.59 Å². The lowest BCUT2D eigenvalue weighted by molar-refractivity contribution is -0.115. The summed E-state index contributed by atoms with van der Waals surface area (Å²) in [7, 11) is 0. The third-order valence-electron chi connectivity index (χ3n) is 3.95. The van der Waals surface area contributed by atoms with Crippen molar-refractivity contribution in [3.63, 3.8) is 0 Å². The van der Waals surface area contributed by atoms with Crippen molar-refractivity contribution in [2.75, 3.05) is 36.0 Å². The number of thioether (sulfide) groups is 1. The molecule has 4 rings (SSSR count). The fourth-order valence-corrected chi connectivity index (χ4v) is 3.33. The van der Waals surface area contributed by atoms with Gasteiger partial charge < -0.3 is 9.80 Å². The van der Waals surface area contributed by atoms with Crippen molar-refractivity contribution >= 4 is 40.6 Å². The molecule has 0 atom stereocenters. The average Bonchev–Trinajstić information content (AvgIpc) is 3.00. The van der Waals surface area contributed by atoms with Gasteiger partial charge >= 0.3 is 0 Å². The number of hydrogen-bond acceptors (Lipinski definition) is 10. The van der Waals surface area contributed by atoms with Crippen molar-refractivity contribution in [3.8, 4) is 0 Å². The summed E-state index contributed by atoms with van der Waals surface area (Å²) in [4.78, 5) is 48.2. The Labute approximate surface area is 152 Å². The summed E-state index contributed by atoms with van der Waals surface area (Å²) in [5.41, 5.74) is 0.988. The van der Waals surface area contributed by atoms with Crippen LogP contribution in [0.5, 0.6) is 0 Å². The van der Waals surface area contributed by atoms with Crippen molar-refractivity contribution in [2.45, 2.75) is 0 Å². The molecule has 0 aromatic carbocycles. The number of carbonyl (C=O) groups excluding carboxylic acids is 2. The Morgan fingerprint density at radius 1 is 1.00 bits per heavy atom. The van der Waals surface area contributed by atoms with Crippen LogP contribution in [0.15, 0.2) is 30.0 Å². The highest BCUT2D eigenvalue weighted by molar-refractivity contribution is 8.18. The van der Waals surface area contributed by atoms with Crippen LogP contribution >= 0.6 is 11.8 Å². The molecule has 2 aliphatic heterocycles. The Kier molecular flexibility index (Phi) is 4.44. The van der Waals surface area contributed by atoms with Gasteiger partial charge in [-0.2, -0.15) is 4.98 Å². The Morgan fingerprint density at radius 3 is 2.42 bits per heavy atom. The molecule has 1 N–H and O–H groups in total. The smallest absolute Gasteiger partial charge is 0.290 e. The number of rotatable bonds is 3. The van der Waals surface area contributed by atoms with E-state index in [0.717, 1.165) is 43.6 Å². The molecule has 0 radical (unpaired) electrons. The van der Waals surface area contributed by atoms with Gasteiger partial charge in [-0.3, -0.25) is 14.9 Å². The van der Waals surface area contributed by atoms with Gasteiger partial charge in [-0.05, 0) is 11.8 Å². The van der Waals surface area contributed by atoms with Crippen molar-refractivity contribution in [1.29, 1.82) is 0 Å². The van der Waals surface area contributed by atoms with Gasteiger partial charge in [-0.15, -0.1) is 0 Å². The Balaban J connectivity index is 1.45. The monoisotopic (exact) mass is 370 g/mol. The lowest BCUT2D eigenvalue weighted by atomic mass is 10.3. The van der Waals surface area contributed by atoms with E-state index in [4.69, 9.17) is 0 Å². The van der Waals surface area contributed by atoms with Gasteiger partial charge in [0.05, 0.1) is 23.0 Å². The number of nitrogens with zero attached hydrogens (tertiary/aromatic N) is 7. The molecule has 0 unspecified atom stereocenters. The second-order valence-electron chi connectivity index (χ2n) is 5.57. The van der Waals surface area contributed by atoms with Crippen LogP contribution in [0.25, 0.3) is 6.08 Å². The molecule has 0 saturated carbocycles. The van der Waals surface area contributed by atoms with Gasteiger partial charge in [-0.1, -0.05) is 0 Å². The predicted molar refractivity (Wildman–Crippen MR) is 95.4 cm³/mol. The number of amides is 2. The molecule has 2 amide bonds. The molecule has 2 aromatic heterocycles. The van der Waals surface area contributed by atoms with E-state index in [9.17, 15) is 9.59 Å². The zero-order valence-corrected chi connectivity index (χ0v) is 14.4. The van der Waals surface area contributed by atoms with Crippen LogP contribution in [0.4, 0.5) is 16.4 Å². The zero-order valence-electron chi connectivity index (χ0n) is 13.6. The maximum Gasteiger partial charge on any atom is 0.290 e.